The average molecular weight is 240 g/mol. The molecular formula is C7H16N2O5S. The van der Waals surface area contributed by atoms with E-state index in [4.69, 9.17) is 5.11 Å². The molecule has 0 aliphatic carbocycles. The zero-order valence-corrected chi connectivity index (χ0v) is 9.47. The third-order valence-electron chi connectivity index (χ3n) is 1.61. The lowest BCUT2D eigenvalue weighted by atomic mass is 10.1. The molecule has 0 heterocycles. The molecule has 0 aromatic rings. The Morgan fingerprint density at radius 2 is 1.93 bits per heavy atom. The monoisotopic (exact) mass is 240 g/mol. The fourth-order valence-electron chi connectivity index (χ4n) is 0.599. The molecule has 0 bridgehead atoms. The van der Waals surface area contributed by atoms with Crippen LogP contribution in [-0.4, -0.2) is 43.3 Å². The summed E-state index contributed by atoms with van der Waals surface area (Å²) < 4.78 is 26.4. The standard InChI is InChI=1S/C7H16N2O5S/c1-3-4-8-15(13,14)9-5-7(2,12)6(10)11/h8-9,12H,3-5H2,1-2H3,(H,10,11). The quantitative estimate of drug-likeness (QED) is 0.439. The Kier molecular flexibility index (Phi) is 5.15. The Morgan fingerprint density at radius 3 is 2.33 bits per heavy atom. The maximum Gasteiger partial charge on any atom is 0.336 e. The van der Waals surface area contributed by atoms with E-state index in [-0.39, 0.29) is 6.54 Å². The molecular weight excluding hydrogens is 224 g/mol. The average Bonchev–Trinajstić information content (AvgIpc) is 2.12. The molecule has 1 atom stereocenters. The van der Waals surface area contributed by atoms with Gasteiger partial charge in [0.2, 0.25) is 0 Å². The summed E-state index contributed by atoms with van der Waals surface area (Å²) in [5.41, 5.74) is -2.11. The second-order valence-electron chi connectivity index (χ2n) is 3.30. The van der Waals surface area contributed by atoms with Crippen LogP contribution in [0.4, 0.5) is 0 Å². The highest BCUT2D eigenvalue weighted by molar-refractivity contribution is 7.87. The smallest absolute Gasteiger partial charge is 0.336 e. The molecule has 0 fully saturated rings. The summed E-state index contributed by atoms with van der Waals surface area (Å²) in [5.74, 6) is -1.49. The number of aliphatic hydroxyl groups is 1. The lowest BCUT2D eigenvalue weighted by Gasteiger charge is -2.18. The van der Waals surface area contributed by atoms with Gasteiger partial charge in [-0.25, -0.2) is 9.52 Å². The SMILES string of the molecule is CCCNS(=O)(=O)NCC(C)(O)C(=O)O. The normalized spacial score (nSPS) is 15.9. The van der Waals surface area contributed by atoms with E-state index in [0.29, 0.717) is 6.42 Å². The summed E-state index contributed by atoms with van der Waals surface area (Å²) in [6, 6.07) is 0. The maximum absolute atomic E-state index is 11.1. The van der Waals surface area contributed by atoms with Crippen LogP contribution in [0.2, 0.25) is 0 Å². The number of rotatable bonds is 7. The van der Waals surface area contributed by atoms with Gasteiger partial charge in [0.25, 0.3) is 10.2 Å². The Hall–Kier alpha value is -0.700. The second-order valence-corrected chi connectivity index (χ2v) is 4.88. The first-order chi connectivity index (χ1) is 6.71. The summed E-state index contributed by atoms with van der Waals surface area (Å²) in [6.07, 6.45) is 0.621. The number of carboxylic acid groups (broad SMARTS) is 1. The van der Waals surface area contributed by atoms with E-state index >= 15 is 0 Å². The van der Waals surface area contributed by atoms with Gasteiger partial charge < -0.3 is 10.2 Å². The van der Waals surface area contributed by atoms with Gasteiger partial charge in [0.1, 0.15) is 0 Å². The lowest BCUT2D eigenvalue weighted by Crippen LogP contribution is -2.49. The van der Waals surface area contributed by atoms with Crippen LogP contribution < -0.4 is 9.44 Å². The summed E-state index contributed by atoms with van der Waals surface area (Å²) in [4.78, 5) is 10.4. The third kappa shape index (κ3) is 5.67. The first kappa shape index (κ1) is 14.3. The van der Waals surface area contributed by atoms with Crippen molar-refractivity contribution in [2.24, 2.45) is 0 Å². The Balaban J connectivity index is 4.21. The van der Waals surface area contributed by atoms with Gasteiger partial charge in [-0.15, -0.1) is 0 Å². The molecule has 0 aliphatic rings. The molecule has 0 amide bonds. The van der Waals surface area contributed by atoms with Gasteiger partial charge in [0.05, 0.1) is 6.54 Å². The van der Waals surface area contributed by atoms with Gasteiger partial charge in [-0.2, -0.15) is 13.1 Å². The minimum Gasteiger partial charge on any atom is -0.479 e. The molecule has 0 aliphatic heterocycles. The van der Waals surface area contributed by atoms with Crippen LogP contribution in [0.15, 0.2) is 0 Å². The fourth-order valence-corrected chi connectivity index (χ4v) is 1.64. The molecule has 15 heavy (non-hydrogen) atoms. The van der Waals surface area contributed by atoms with Crippen LogP contribution in [0.1, 0.15) is 20.3 Å². The molecule has 0 aromatic heterocycles. The molecule has 8 heteroatoms. The Morgan fingerprint density at radius 1 is 1.40 bits per heavy atom. The number of aliphatic carboxylic acids is 1. The van der Waals surface area contributed by atoms with E-state index in [2.05, 4.69) is 4.72 Å². The van der Waals surface area contributed by atoms with Crippen molar-refractivity contribution in [3.05, 3.63) is 0 Å². The van der Waals surface area contributed by atoms with E-state index < -0.39 is 28.3 Å². The molecule has 90 valence electrons. The first-order valence-corrected chi connectivity index (χ1v) is 5.89. The highest BCUT2D eigenvalue weighted by atomic mass is 32.2. The van der Waals surface area contributed by atoms with Gasteiger partial charge in [-0.1, -0.05) is 6.92 Å². The molecule has 1 unspecified atom stereocenters. The molecule has 7 nitrogen and oxygen atoms in total. The van der Waals surface area contributed by atoms with Gasteiger partial charge in [0, 0.05) is 6.54 Å². The van der Waals surface area contributed by atoms with Crippen molar-refractivity contribution >= 4 is 16.2 Å². The minimum atomic E-state index is -3.73. The van der Waals surface area contributed by atoms with E-state index in [9.17, 15) is 18.3 Å². The Labute approximate surface area is 88.7 Å². The fraction of sp³-hybridized carbons (Fsp3) is 0.857. The van der Waals surface area contributed by atoms with Crippen LogP contribution in [0.5, 0.6) is 0 Å². The predicted octanol–water partition coefficient (Wildman–Crippen LogP) is -1.34. The highest BCUT2D eigenvalue weighted by Crippen LogP contribution is 2.01. The van der Waals surface area contributed by atoms with Crippen LogP contribution in [0, 0.1) is 0 Å². The third-order valence-corrected chi connectivity index (χ3v) is 2.72. The van der Waals surface area contributed by atoms with Crippen LogP contribution in [0.25, 0.3) is 0 Å². The number of nitrogens with one attached hydrogen (secondary N) is 2. The van der Waals surface area contributed by atoms with Gasteiger partial charge in [-0.05, 0) is 13.3 Å². The molecule has 0 spiro atoms. The first-order valence-electron chi connectivity index (χ1n) is 4.41. The molecule has 0 aromatic carbocycles. The van der Waals surface area contributed by atoms with Crippen molar-refractivity contribution in [1.29, 1.82) is 0 Å². The number of carbonyl (C=O) groups is 1. The van der Waals surface area contributed by atoms with Crippen LogP contribution in [0.3, 0.4) is 0 Å². The zero-order chi connectivity index (χ0) is 12.1. The van der Waals surface area contributed by atoms with E-state index in [1.807, 2.05) is 4.72 Å². The van der Waals surface area contributed by atoms with Crippen molar-refractivity contribution in [1.82, 2.24) is 9.44 Å². The van der Waals surface area contributed by atoms with Crippen molar-refractivity contribution in [3.8, 4) is 0 Å². The summed E-state index contributed by atoms with van der Waals surface area (Å²) in [6.45, 7) is 2.47. The van der Waals surface area contributed by atoms with Crippen LogP contribution in [-0.2, 0) is 15.0 Å². The Bertz CT molecular complexity index is 311. The van der Waals surface area contributed by atoms with Gasteiger partial charge >= 0.3 is 5.97 Å². The number of hydrogen-bond donors (Lipinski definition) is 4. The molecule has 0 saturated carbocycles. The van der Waals surface area contributed by atoms with Gasteiger partial charge in [-0.3, -0.25) is 0 Å². The molecule has 0 radical (unpaired) electrons. The topological polar surface area (TPSA) is 116 Å². The maximum atomic E-state index is 11.1. The second kappa shape index (κ2) is 5.40. The van der Waals surface area contributed by atoms with Crippen molar-refractivity contribution in [3.63, 3.8) is 0 Å². The van der Waals surface area contributed by atoms with Crippen molar-refractivity contribution in [2.75, 3.05) is 13.1 Å². The van der Waals surface area contributed by atoms with E-state index in [1.54, 1.807) is 6.92 Å². The summed E-state index contributed by atoms with van der Waals surface area (Å²) in [7, 11) is -3.73. The minimum absolute atomic E-state index is 0.255. The zero-order valence-electron chi connectivity index (χ0n) is 8.65. The molecule has 0 rings (SSSR count). The van der Waals surface area contributed by atoms with Crippen LogP contribution >= 0.6 is 0 Å². The molecule has 0 saturated heterocycles. The predicted molar refractivity (Wildman–Crippen MR) is 53.5 cm³/mol. The van der Waals surface area contributed by atoms with Gasteiger partial charge in [0.15, 0.2) is 5.60 Å². The molecule has 4 N–H and O–H groups in total. The van der Waals surface area contributed by atoms with E-state index in [1.165, 1.54) is 0 Å². The highest BCUT2D eigenvalue weighted by Gasteiger charge is 2.31. The van der Waals surface area contributed by atoms with Crippen molar-refractivity contribution in [2.45, 2.75) is 25.9 Å². The lowest BCUT2D eigenvalue weighted by molar-refractivity contribution is -0.155. The largest absolute Gasteiger partial charge is 0.479 e. The number of carboxylic acids is 1. The summed E-state index contributed by atoms with van der Waals surface area (Å²) in [5, 5.41) is 17.7. The van der Waals surface area contributed by atoms with E-state index in [0.717, 1.165) is 6.92 Å². The number of hydrogen-bond acceptors (Lipinski definition) is 4. The summed E-state index contributed by atoms with van der Waals surface area (Å²) >= 11 is 0. The van der Waals surface area contributed by atoms with Crippen molar-refractivity contribution < 1.29 is 23.4 Å².